The van der Waals surface area contributed by atoms with Crippen molar-refractivity contribution in [1.29, 1.82) is 0 Å². The van der Waals surface area contributed by atoms with Gasteiger partial charge in [-0.25, -0.2) is 4.39 Å². The van der Waals surface area contributed by atoms with Crippen molar-refractivity contribution in [2.45, 2.75) is 25.3 Å². The van der Waals surface area contributed by atoms with E-state index >= 15 is 0 Å². The van der Waals surface area contributed by atoms with E-state index in [0.29, 0.717) is 42.2 Å². The van der Waals surface area contributed by atoms with Crippen molar-refractivity contribution < 1.29 is 23.2 Å². The summed E-state index contributed by atoms with van der Waals surface area (Å²) in [6, 6.07) is 13.5. The Labute approximate surface area is 184 Å². The van der Waals surface area contributed by atoms with Gasteiger partial charge < -0.3 is 19.5 Å². The average Bonchev–Trinajstić information content (AvgIpc) is 3.35. The van der Waals surface area contributed by atoms with Crippen LogP contribution in [0, 0.1) is 12.7 Å². The molecule has 32 heavy (non-hydrogen) atoms. The van der Waals surface area contributed by atoms with E-state index < -0.39 is 0 Å². The van der Waals surface area contributed by atoms with Gasteiger partial charge in [0.1, 0.15) is 29.4 Å². The Bertz CT molecular complexity index is 1170. The molecule has 1 saturated heterocycles. The number of carbonyl (C=O) groups is 2. The van der Waals surface area contributed by atoms with Crippen LogP contribution in [0.3, 0.4) is 0 Å². The van der Waals surface area contributed by atoms with E-state index in [0.717, 1.165) is 11.3 Å². The zero-order valence-corrected chi connectivity index (χ0v) is 17.5. The molecule has 2 aliphatic rings. The van der Waals surface area contributed by atoms with Crippen molar-refractivity contribution >= 4 is 17.5 Å². The minimum Gasteiger partial charge on any atom is -0.370 e. The van der Waals surface area contributed by atoms with E-state index in [-0.39, 0.29) is 36.2 Å². The number of carbonyl (C=O) groups excluding carboxylic acids is 2. The number of hydrogen-bond donors (Lipinski definition) is 1. The summed E-state index contributed by atoms with van der Waals surface area (Å²) in [6.07, 6.45) is 0.667. The van der Waals surface area contributed by atoms with Crippen molar-refractivity contribution in [2.24, 2.45) is 0 Å². The third-order valence-electron chi connectivity index (χ3n) is 6.00. The predicted molar refractivity (Wildman–Crippen MR) is 115 cm³/mol. The minimum atomic E-state index is -0.364. The van der Waals surface area contributed by atoms with Gasteiger partial charge in [-0.3, -0.25) is 9.59 Å². The number of fused-ring (bicyclic) bond motifs is 1. The highest BCUT2D eigenvalue weighted by molar-refractivity contribution is 6.11. The average molecular weight is 435 g/mol. The van der Waals surface area contributed by atoms with Crippen LogP contribution in [-0.2, 0) is 9.53 Å². The molecule has 2 atom stereocenters. The summed E-state index contributed by atoms with van der Waals surface area (Å²) in [7, 11) is 0. The summed E-state index contributed by atoms with van der Waals surface area (Å²) in [6.45, 7) is 2.71. The van der Waals surface area contributed by atoms with Gasteiger partial charge >= 0.3 is 0 Å². The Morgan fingerprint density at radius 3 is 2.78 bits per heavy atom. The Balaban J connectivity index is 1.45. The number of hydrogen-bond acceptors (Lipinski definition) is 5. The first-order chi connectivity index (χ1) is 15.5. The monoisotopic (exact) mass is 435 g/mol. The molecule has 0 radical (unpaired) electrons. The lowest BCUT2D eigenvalue weighted by atomic mass is 9.94. The minimum absolute atomic E-state index is 0.0524. The number of benzene rings is 2. The van der Waals surface area contributed by atoms with Crippen LogP contribution in [0.5, 0.6) is 0 Å². The fraction of sp³-hybridized carbons (Fsp3) is 0.292. The lowest BCUT2D eigenvalue weighted by molar-refractivity contribution is -0.131. The molecule has 1 aromatic heterocycles. The number of para-hydroxylation sites is 1. The molecule has 7 nitrogen and oxygen atoms in total. The summed E-state index contributed by atoms with van der Waals surface area (Å²) in [5.74, 6) is -0.247. The number of aromatic nitrogens is 1. The molecular weight excluding hydrogens is 413 g/mol. The maximum absolute atomic E-state index is 13.7. The number of morpholine rings is 1. The number of ether oxygens (including phenoxy) is 1. The number of anilines is 1. The first-order valence-electron chi connectivity index (χ1n) is 10.5. The van der Waals surface area contributed by atoms with Crippen molar-refractivity contribution in [3.8, 4) is 11.3 Å². The van der Waals surface area contributed by atoms with Gasteiger partial charge in [0.05, 0.1) is 12.6 Å². The predicted octanol–water partition coefficient (Wildman–Crippen LogP) is 3.44. The second-order valence-corrected chi connectivity index (χ2v) is 8.16. The van der Waals surface area contributed by atoms with Crippen LogP contribution in [0.4, 0.5) is 10.1 Å². The van der Waals surface area contributed by atoms with Crippen molar-refractivity contribution in [1.82, 2.24) is 10.5 Å². The maximum Gasteiger partial charge on any atom is 0.264 e. The van der Waals surface area contributed by atoms with E-state index in [9.17, 15) is 14.0 Å². The molecule has 0 aliphatic carbocycles. The Morgan fingerprint density at radius 2 is 2.00 bits per heavy atom. The third-order valence-corrected chi connectivity index (χ3v) is 6.00. The molecule has 8 heteroatoms. The van der Waals surface area contributed by atoms with E-state index in [2.05, 4.69) is 10.5 Å². The topological polar surface area (TPSA) is 84.7 Å². The molecule has 3 heterocycles. The molecule has 0 spiro atoms. The number of aryl methyl sites for hydroxylation is 1. The summed E-state index contributed by atoms with van der Waals surface area (Å²) < 4.78 is 24.1. The van der Waals surface area contributed by atoms with Crippen LogP contribution in [0.1, 0.15) is 34.0 Å². The second kappa shape index (κ2) is 8.20. The lowest BCUT2D eigenvalue weighted by Crippen LogP contribution is -2.46. The van der Waals surface area contributed by atoms with Gasteiger partial charge in [0.2, 0.25) is 5.91 Å². The molecule has 164 valence electrons. The Kier molecular flexibility index (Phi) is 5.22. The first kappa shape index (κ1) is 20.4. The normalized spacial score (nSPS) is 20.2. The molecular formula is C24H22FN3O4. The van der Waals surface area contributed by atoms with Crippen LogP contribution >= 0.6 is 0 Å². The highest BCUT2D eigenvalue weighted by Crippen LogP contribution is 2.40. The van der Waals surface area contributed by atoms with Crippen LogP contribution in [0.25, 0.3) is 11.3 Å². The van der Waals surface area contributed by atoms with E-state index in [1.165, 1.54) is 12.1 Å². The SMILES string of the molecule is Cc1onc(-c2ccc(F)cc2)c1C(=O)N1CC(CC2COCC(=O)N2)c2ccccc21. The van der Waals surface area contributed by atoms with Gasteiger partial charge in [-0.2, -0.15) is 0 Å². The molecule has 2 aliphatic heterocycles. The number of rotatable bonds is 4. The van der Waals surface area contributed by atoms with Gasteiger partial charge in [0, 0.05) is 23.7 Å². The molecule has 2 amide bonds. The van der Waals surface area contributed by atoms with Gasteiger partial charge in [-0.05, 0) is 49.2 Å². The summed E-state index contributed by atoms with van der Waals surface area (Å²) in [5.41, 5.74) is 3.25. The highest BCUT2D eigenvalue weighted by Gasteiger charge is 2.37. The molecule has 5 rings (SSSR count). The standard InChI is InChI=1S/C24H22FN3O4/c1-14-22(23(27-32-14)15-6-8-17(25)9-7-15)24(30)28-11-16(19-4-2-3-5-20(19)28)10-18-12-31-13-21(29)26-18/h2-9,16,18H,10-13H2,1H3,(H,26,29). The van der Waals surface area contributed by atoms with E-state index in [1.54, 1.807) is 24.0 Å². The summed E-state index contributed by atoms with van der Waals surface area (Å²) in [4.78, 5) is 27.1. The van der Waals surface area contributed by atoms with Crippen molar-refractivity contribution in [2.75, 3.05) is 24.7 Å². The number of halogens is 1. The molecule has 1 fully saturated rings. The van der Waals surface area contributed by atoms with Gasteiger partial charge in [0.25, 0.3) is 5.91 Å². The Hall–Kier alpha value is -3.52. The van der Waals surface area contributed by atoms with Crippen LogP contribution in [-0.4, -0.2) is 42.8 Å². The number of amides is 2. The highest BCUT2D eigenvalue weighted by atomic mass is 19.1. The van der Waals surface area contributed by atoms with Crippen LogP contribution in [0.15, 0.2) is 53.1 Å². The molecule has 2 aromatic carbocycles. The third kappa shape index (κ3) is 3.67. The summed E-state index contributed by atoms with van der Waals surface area (Å²) >= 11 is 0. The van der Waals surface area contributed by atoms with Gasteiger partial charge in [-0.1, -0.05) is 23.4 Å². The van der Waals surface area contributed by atoms with E-state index in [4.69, 9.17) is 9.26 Å². The lowest BCUT2D eigenvalue weighted by Gasteiger charge is -2.26. The molecule has 3 aromatic rings. The number of nitrogens with one attached hydrogen (secondary N) is 1. The number of nitrogens with zero attached hydrogens (tertiary/aromatic N) is 2. The summed E-state index contributed by atoms with van der Waals surface area (Å²) in [5, 5.41) is 7.04. The fourth-order valence-electron chi connectivity index (χ4n) is 4.53. The molecule has 0 bridgehead atoms. The van der Waals surface area contributed by atoms with Crippen molar-refractivity contribution in [3.63, 3.8) is 0 Å². The molecule has 2 unspecified atom stereocenters. The molecule has 0 saturated carbocycles. The second-order valence-electron chi connectivity index (χ2n) is 8.16. The van der Waals surface area contributed by atoms with Gasteiger partial charge in [0.15, 0.2) is 0 Å². The quantitative estimate of drug-likeness (QED) is 0.679. The van der Waals surface area contributed by atoms with E-state index in [1.807, 2.05) is 24.3 Å². The van der Waals surface area contributed by atoms with Crippen molar-refractivity contribution in [3.05, 3.63) is 71.2 Å². The maximum atomic E-state index is 13.7. The Morgan fingerprint density at radius 1 is 1.22 bits per heavy atom. The fourth-order valence-corrected chi connectivity index (χ4v) is 4.53. The zero-order chi connectivity index (χ0) is 22.2. The smallest absolute Gasteiger partial charge is 0.264 e. The largest absolute Gasteiger partial charge is 0.370 e. The first-order valence-corrected chi connectivity index (χ1v) is 10.5. The molecule has 1 N–H and O–H groups in total. The van der Waals surface area contributed by atoms with Crippen LogP contribution < -0.4 is 10.2 Å². The van der Waals surface area contributed by atoms with Crippen LogP contribution in [0.2, 0.25) is 0 Å². The zero-order valence-electron chi connectivity index (χ0n) is 17.5. The van der Waals surface area contributed by atoms with Gasteiger partial charge in [-0.15, -0.1) is 0 Å².